The van der Waals surface area contributed by atoms with Crippen LogP contribution in [0.3, 0.4) is 0 Å². The first kappa shape index (κ1) is 67.3. The van der Waals surface area contributed by atoms with Crippen molar-refractivity contribution in [3.05, 3.63) is 164 Å². The van der Waals surface area contributed by atoms with Gasteiger partial charge in [0, 0.05) is 68.3 Å². The van der Waals surface area contributed by atoms with Crippen molar-refractivity contribution in [3.63, 3.8) is 0 Å². The van der Waals surface area contributed by atoms with Crippen molar-refractivity contribution in [1.82, 2.24) is 19.6 Å². The predicted octanol–water partition coefficient (Wildman–Crippen LogP) is 19.8. The van der Waals surface area contributed by atoms with Gasteiger partial charge in [0.15, 0.2) is 0 Å². The largest absolute Gasteiger partial charge is 0.456 e. The lowest BCUT2D eigenvalue weighted by atomic mass is 9.80. The zero-order valence-electron chi connectivity index (χ0n) is 59.5. The molecular weight excluding hydrogens is 1220 g/mol. The normalized spacial score (nSPS) is 16.0. The second kappa shape index (κ2) is 26.8. The molecule has 2 atom stereocenters. The van der Waals surface area contributed by atoms with Gasteiger partial charge in [0.05, 0.1) is 22.3 Å². The van der Waals surface area contributed by atoms with Crippen molar-refractivity contribution in [1.29, 1.82) is 0 Å². The van der Waals surface area contributed by atoms with E-state index >= 15 is 28.8 Å². The summed E-state index contributed by atoms with van der Waals surface area (Å²) in [6.45, 7) is 28.6. The van der Waals surface area contributed by atoms with E-state index in [0.717, 1.165) is 109 Å². The van der Waals surface area contributed by atoms with Crippen LogP contribution in [0, 0.1) is 67.2 Å². The Hall–Kier alpha value is -9.30. The lowest BCUT2D eigenvalue weighted by Gasteiger charge is -2.41. The summed E-state index contributed by atoms with van der Waals surface area (Å²) in [7, 11) is 0. The molecule has 2 unspecified atom stereocenters. The highest BCUT2D eigenvalue weighted by Gasteiger charge is 2.48. The lowest BCUT2D eigenvalue weighted by Crippen LogP contribution is -2.57. The molecule has 0 N–H and O–H groups in total. The second-order valence-electron chi connectivity index (χ2n) is 29.3. The van der Waals surface area contributed by atoms with E-state index in [-0.39, 0.29) is 93.8 Å². The molecule has 0 saturated heterocycles. The SMILES string of the molecule is CCN(C(=O)C(CC(C)C)N1C(=O)c2cc(Oc3ccc(C)cc3C)c3c4c(Oc5ccc(C)cc5C)cc5c6c(cc(Oc7ccc(C)cc7C)c(c7c(Oc8ccc(C)cc8C)cc(c2c37)C1=O)c64)C(=O)N(C(CC(C)C)C(=O)N(CC)C1CCCCC1)C5=O)C1CCCCC1. The maximum absolute atomic E-state index is 16.6. The molecule has 9 aromatic carbocycles. The molecule has 98 heavy (non-hydrogen) atoms. The van der Waals surface area contributed by atoms with Gasteiger partial charge in [0.1, 0.15) is 58.1 Å². The van der Waals surface area contributed by atoms with Gasteiger partial charge in [-0.3, -0.25) is 38.6 Å². The van der Waals surface area contributed by atoms with Crippen LogP contribution >= 0.6 is 0 Å². The zero-order valence-corrected chi connectivity index (χ0v) is 59.5. The lowest BCUT2D eigenvalue weighted by molar-refractivity contribution is -0.139. The van der Waals surface area contributed by atoms with Crippen LogP contribution in [0.2, 0.25) is 0 Å². The maximum Gasteiger partial charge on any atom is 0.262 e. The smallest absolute Gasteiger partial charge is 0.262 e. The van der Waals surface area contributed by atoms with Crippen LogP contribution in [-0.4, -0.2) is 92.3 Å². The van der Waals surface area contributed by atoms with Crippen LogP contribution in [0.1, 0.15) is 205 Å². The minimum absolute atomic E-state index is 0.0419. The van der Waals surface area contributed by atoms with E-state index < -0.39 is 35.7 Å². The number of imide groups is 2. The highest BCUT2D eigenvalue weighted by molar-refractivity contribution is 6.45. The molecule has 0 bridgehead atoms. The fourth-order valence-corrected chi connectivity index (χ4v) is 16.4. The number of fused-ring (bicyclic) bond motifs is 2. The molecule has 4 aliphatic rings. The Kier molecular flexibility index (Phi) is 18.4. The van der Waals surface area contributed by atoms with Gasteiger partial charge in [-0.15, -0.1) is 0 Å². The fraction of sp³-hybridized carbons (Fsp3) is 0.405. The third-order valence-electron chi connectivity index (χ3n) is 21.0. The van der Waals surface area contributed by atoms with Gasteiger partial charge in [-0.05, 0) is 190 Å². The number of hydrogen-bond acceptors (Lipinski definition) is 10. The van der Waals surface area contributed by atoms with Gasteiger partial charge in [0.25, 0.3) is 23.6 Å². The topological polar surface area (TPSA) is 152 Å². The van der Waals surface area contributed by atoms with E-state index in [1.165, 1.54) is 9.80 Å². The molecule has 2 heterocycles. The Morgan fingerprint density at radius 1 is 0.367 bits per heavy atom. The van der Waals surface area contributed by atoms with Crippen molar-refractivity contribution in [2.24, 2.45) is 11.8 Å². The third-order valence-corrected chi connectivity index (χ3v) is 21.0. The molecule has 0 radical (unpaired) electrons. The number of aryl methyl sites for hydroxylation is 8. The average molecular weight is 1320 g/mol. The molecule has 0 spiro atoms. The molecule has 0 aromatic heterocycles. The molecule has 9 aromatic rings. The molecule has 508 valence electrons. The van der Waals surface area contributed by atoms with Gasteiger partial charge in [0.2, 0.25) is 11.8 Å². The van der Waals surface area contributed by atoms with E-state index in [1.54, 1.807) is 24.3 Å². The van der Waals surface area contributed by atoms with Gasteiger partial charge < -0.3 is 28.7 Å². The number of amides is 6. The summed E-state index contributed by atoms with van der Waals surface area (Å²) in [6, 6.07) is 27.8. The number of carbonyl (C=O) groups is 6. The number of benzene rings is 9. The monoisotopic (exact) mass is 1320 g/mol. The number of ether oxygens (including phenoxy) is 4. The Labute approximate surface area is 575 Å². The van der Waals surface area contributed by atoms with Gasteiger partial charge >= 0.3 is 0 Å². The summed E-state index contributed by atoms with van der Waals surface area (Å²) in [5, 5.41) is 2.90. The van der Waals surface area contributed by atoms with Gasteiger partial charge in [-0.25, -0.2) is 0 Å². The predicted molar refractivity (Wildman–Crippen MR) is 388 cm³/mol. The van der Waals surface area contributed by atoms with Crippen LogP contribution in [0.15, 0.2) is 97.1 Å². The molecule has 2 fully saturated rings. The molecule has 14 heteroatoms. The summed E-state index contributed by atoms with van der Waals surface area (Å²) in [6.07, 6.45) is 9.84. The summed E-state index contributed by atoms with van der Waals surface area (Å²) in [4.78, 5) is 104. The highest BCUT2D eigenvalue weighted by Crippen LogP contribution is 2.59. The Morgan fingerprint density at radius 3 is 0.847 bits per heavy atom. The van der Waals surface area contributed by atoms with Crippen molar-refractivity contribution in [3.8, 4) is 46.0 Å². The Morgan fingerprint density at radius 2 is 0.622 bits per heavy atom. The number of carbonyl (C=O) groups excluding carboxylic acids is 6. The van der Waals surface area contributed by atoms with Crippen LogP contribution in [0.4, 0.5) is 0 Å². The molecule has 2 saturated carbocycles. The van der Waals surface area contributed by atoms with Crippen LogP contribution in [0.5, 0.6) is 46.0 Å². The summed E-state index contributed by atoms with van der Waals surface area (Å²) in [5.74, 6) is -0.749. The van der Waals surface area contributed by atoms with Crippen LogP contribution in [0.25, 0.3) is 43.1 Å². The highest BCUT2D eigenvalue weighted by atomic mass is 16.5. The number of nitrogens with zero attached hydrogens (tertiary/aromatic N) is 4. The maximum atomic E-state index is 16.6. The van der Waals surface area contributed by atoms with E-state index in [4.69, 9.17) is 18.9 Å². The van der Waals surface area contributed by atoms with Crippen LogP contribution in [-0.2, 0) is 9.59 Å². The van der Waals surface area contributed by atoms with E-state index in [2.05, 4.69) is 0 Å². The minimum atomic E-state index is -1.17. The van der Waals surface area contributed by atoms with Crippen molar-refractivity contribution < 1.29 is 47.7 Å². The van der Waals surface area contributed by atoms with Gasteiger partial charge in [-0.1, -0.05) is 137 Å². The van der Waals surface area contributed by atoms with Crippen molar-refractivity contribution in [2.45, 2.75) is 198 Å². The van der Waals surface area contributed by atoms with E-state index in [0.29, 0.717) is 79.2 Å². The van der Waals surface area contributed by atoms with E-state index in [1.807, 2.05) is 180 Å². The molecule has 2 aliphatic carbocycles. The summed E-state index contributed by atoms with van der Waals surface area (Å²) >= 11 is 0. The quantitative estimate of drug-likeness (QED) is 0.0409. The molecular formula is C84H92N4O10. The average Bonchev–Trinajstić information content (AvgIpc) is 0.671. The third kappa shape index (κ3) is 12.0. The number of hydrogen-bond donors (Lipinski definition) is 0. The minimum Gasteiger partial charge on any atom is -0.456 e. The standard InChI is InChI=1S/C84H92N4O10/c1-15-85(55-23-19-17-20-24-55)83(93)61(35-45(3)4)87-79(89)57-41-67(95-63-31-27-47(7)37-51(63)11)73-75-69(97-65-33-29-49(9)39-53(65)13)43-59-72-60(82(92)88(81(59)91)62(36-46(5)6)84(94)86(16-2)56-25-21-18-22-26-56)44-70(98-66-34-30-50(10)40-54(66)14)76(78(72)75)74-68(42-58(80(87)90)71(57)77(73)74)96-64-32-28-48(8)38-52(64)12/h27-34,37-46,55-56,61-62H,15-26,35-36H2,1-14H3. The van der Waals surface area contributed by atoms with E-state index in [9.17, 15) is 0 Å². The molecule has 13 rings (SSSR count). The number of likely N-dealkylation sites (N-methyl/N-ethyl adjacent to an activating group) is 2. The van der Waals surface area contributed by atoms with Crippen molar-refractivity contribution >= 4 is 78.5 Å². The summed E-state index contributed by atoms with van der Waals surface area (Å²) in [5.41, 5.74) is 7.66. The molecule has 2 aliphatic heterocycles. The summed E-state index contributed by atoms with van der Waals surface area (Å²) < 4.78 is 29.7. The van der Waals surface area contributed by atoms with Gasteiger partial charge in [-0.2, -0.15) is 0 Å². The number of rotatable bonds is 20. The first-order valence-corrected chi connectivity index (χ1v) is 35.7. The first-order chi connectivity index (χ1) is 47.0. The second-order valence-corrected chi connectivity index (χ2v) is 29.3. The molecule has 6 amide bonds. The Balaban J connectivity index is 1.21. The Bertz CT molecular complexity index is 4210. The zero-order chi connectivity index (χ0) is 69.4. The first-order valence-electron chi connectivity index (χ1n) is 35.7. The van der Waals surface area contributed by atoms with Crippen LogP contribution < -0.4 is 18.9 Å². The van der Waals surface area contributed by atoms with Crippen molar-refractivity contribution in [2.75, 3.05) is 13.1 Å². The fourth-order valence-electron chi connectivity index (χ4n) is 16.4. The molecule has 14 nitrogen and oxygen atoms in total.